The summed E-state index contributed by atoms with van der Waals surface area (Å²) in [6.07, 6.45) is 0. The van der Waals surface area contributed by atoms with Gasteiger partial charge in [0.25, 0.3) is 5.91 Å². The number of aryl methyl sites for hydroxylation is 1. The van der Waals surface area contributed by atoms with E-state index in [1.54, 1.807) is 37.4 Å². The van der Waals surface area contributed by atoms with E-state index in [2.05, 4.69) is 10.6 Å². The van der Waals surface area contributed by atoms with E-state index in [0.29, 0.717) is 22.7 Å². The number of nitrogens with one attached hydrogen (secondary N) is 2. The molecule has 2 rings (SSSR count). The van der Waals surface area contributed by atoms with Crippen LogP contribution in [-0.2, 0) is 4.79 Å². The summed E-state index contributed by atoms with van der Waals surface area (Å²) in [4.78, 5) is 23.4. The summed E-state index contributed by atoms with van der Waals surface area (Å²) in [6.45, 7) is 1.93. The Hall–Kier alpha value is -3.02. The summed E-state index contributed by atoms with van der Waals surface area (Å²) in [5, 5.41) is 5.69. The quantitative estimate of drug-likeness (QED) is 0.762. The number of hydrogen-bond acceptors (Lipinski definition) is 4. The Bertz CT molecular complexity index is 729. The second kappa shape index (κ2) is 7.31. The van der Waals surface area contributed by atoms with Crippen molar-refractivity contribution in [3.05, 3.63) is 53.6 Å². The predicted molar refractivity (Wildman–Crippen MR) is 89.8 cm³/mol. The first-order valence-electron chi connectivity index (χ1n) is 7.08. The number of primary amides is 1. The molecule has 0 saturated carbocycles. The van der Waals surface area contributed by atoms with Crippen molar-refractivity contribution in [2.24, 2.45) is 5.73 Å². The van der Waals surface area contributed by atoms with E-state index in [1.165, 1.54) is 0 Å². The molecule has 0 aliphatic heterocycles. The topological polar surface area (TPSA) is 93.4 Å². The summed E-state index contributed by atoms with van der Waals surface area (Å²) in [6, 6.07) is 12.3. The fraction of sp³-hybridized carbons (Fsp3) is 0.176. The maximum absolute atomic E-state index is 12.1. The number of benzene rings is 2. The molecule has 0 fully saturated rings. The number of methoxy groups -OCH3 is 1. The number of carbonyl (C=O) groups is 2. The van der Waals surface area contributed by atoms with Gasteiger partial charge in [-0.2, -0.15) is 0 Å². The SMILES string of the molecule is COc1ccc(C)cc1NC(=O)CNc1ccccc1C(N)=O. The molecule has 0 aliphatic carbocycles. The number of hydrogen-bond donors (Lipinski definition) is 3. The number of ether oxygens (including phenoxy) is 1. The van der Waals surface area contributed by atoms with E-state index in [1.807, 2.05) is 19.1 Å². The van der Waals surface area contributed by atoms with Crippen LogP contribution < -0.4 is 21.1 Å². The molecule has 6 nitrogen and oxygen atoms in total. The molecule has 2 aromatic rings. The smallest absolute Gasteiger partial charge is 0.250 e. The van der Waals surface area contributed by atoms with Crippen molar-refractivity contribution >= 4 is 23.2 Å². The molecule has 0 radical (unpaired) electrons. The largest absolute Gasteiger partial charge is 0.495 e. The van der Waals surface area contributed by atoms with Gasteiger partial charge in [-0.15, -0.1) is 0 Å². The second-order valence-electron chi connectivity index (χ2n) is 5.02. The molecule has 0 unspecified atom stereocenters. The molecule has 0 saturated heterocycles. The van der Waals surface area contributed by atoms with Crippen molar-refractivity contribution in [2.45, 2.75) is 6.92 Å². The van der Waals surface area contributed by atoms with Crippen LogP contribution in [-0.4, -0.2) is 25.5 Å². The highest BCUT2D eigenvalue weighted by Gasteiger charge is 2.10. The first kappa shape index (κ1) is 16.4. The van der Waals surface area contributed by atoms with Gasteiger partial charge in [0.2, 0.25) is 5.91 Å². The normalized spacial score (nSPS) is 10.0. The molecule has 120 valence electrons. The Labute approximate surface area is 134 Å². The van der Waals surface area contributed by atoms with Gasteiger partial charge < -0.3 is 21.1 Å². The van der Waals surface area contributed by atoms with Gasteiger partial charge in [-0.1, -0.05) is 18.2 Å². The molecule has 0 heterocycles. The Morgan fingerprint density at radius 3 is 2.57 bits per heavy atom. The molecule has 4 N–H and O–H groups in total. The van der Waals surface area contributed by atoms with Crippen molar-refractivity contribution in [3.8, 4) is 5.75 Å². The third-order valence-corrected chi connectivity index (χ3v) is 3.26. The first-order chi connectivity index (χ1) is 11.0. The van der Waals surface area contributed by atoms with Crippen LogP contribution in [0.3, 0.4) is 0 Å². The predicted octanol–water partition coefficient (Wildman–Crippen LogP) is 2.15. The van der Waals surface area contributed by atoms with Crippen LogP contribution >= 0.6 is 0 Å². The zero-order valence-electron chi connectivity index (χ0n) is 13.1. The van der Waals surface area contributed by atoms with E-state index in [0.717, 1.165) is 5.56 Å². The number of carbonyl (C=O) groups excluding carboxylic acids is 2. The summed E-state index contributed by atoms with van der Waals surface area (Å²) >= 11 is 0. The fourth-order valence-electron chi connectivity index (χ4n) is 2.14. The molecule has 6 heteroatoms. The third-order valence-electron chi connectivity index (χ3n) is 3.26. The zero-order chi connectivity index (χ0) is 16.8. The molecule has 0 atom stereocenters. The van der Waals surface area contributed by atoms with Crippen molar-refractivity contribution in [1.82, 2.24) is 0 Å². The lowest BCUT2D eigenvalue weighted by molar-refractivity contribution is -0.114. The lowest BCUT2D eigenvalue weighted by Gasteiger charge is -2.13. The number of amides is 2. The van der Waals surface area contributed by atoms with Gasteiger partial charge >= 0.3 is 0 Å². The number of para-hydroxylation sites is 1. The van der Waals surface area contributed by atoms with Crippen molar-refractivity contribution in [2.75, 3.05) is 24.3 Å². The van der Waals surface area contributed by atoms with Crippen LogP contribution in [0.25, 0.3) is 0 Å². The number of anilines is 2. The number of nitrogens with two attached hydrogens (primary N) is 1. The highest BCUT2D eigenvalue weighted by atomic mass is 16.5. The van der Waals surface area contributed by atoms with E-state index < -0.39 is 5.91 Å². The maximum atomic E-state index is 12.1. The molecule has 23 heavy (non-hydrogen) atoms. The van der Waals surface area contributed by atoms with Gasteiger partial charge in [0, 0.05) is 5.69 Å². The van der Waals surface area contributed by atoms with Crippen LogP contribution in [0.4, 0.5) is 11.4 Å². The Balaban J connectivity index is 2.04. The molecular formula is C17H19N3O3. The number of rotatable bonds is 6. The molecule has 0 aliphatic rings. The minimum Gasteiger partial charge on any atom is -0.495 e. The third kappa shape index (κ3) is 4.23. The van der Waals surface area contributed by atoms with Gasteiger partial charge in [0.05, 0.1) is 24.9 Å². The van der Waals surface area contributed by atoms with Crippen molar-refractivity contribution < 1.29 is 14.3 Å². The van der Waals surface area contributed by atoms with Gasteiger partial charge in [0.1, 0.15) is 5.75 Å². The standard InChI is InChI=1S/C17H19N3O3/c1-11-7-8-15(23-2)14(9-11)20-16(21)10-19-13-6-4-3-5-12(13)17(18)22/h3-9,19H,10H2,1-2H3,(H2,18,22)(H,20,21). The molecular weight excluding hydrogens is 294 g/mol. The zero-order valence-corrected chi connectivity index (χ0v) is 13.1. The molecule has 0 spiro atoms. The lowest BCUT2D eigenvalue weighted by Crippen LogP contribution is -2.23. The minimum absolute atomic E-state index is 0.00138. The van der Waals surface area contributed by atoms with Crippen LogP contribution in [0.1, 0.15) is 15.9 Å². The van der Waals surface area contributed by atoms with Gasteiger partial charge in [-0.3, -0.25) is 9.59 Å². The average molecular weight is 313 g/mol. The van der Waals surface area contributed by atoms with E-state index in [4.69, 9.17) is 10.5 Å². The molecule has 0 aromatic heterocycles. The van der Waals surface area contributed by atoms with Crippen molar-refractivity contribution in [3.63, 3.8) is 0 Å². The van der Waals surface area contributed by atoms with E-state index in [-0.39, 0.29) is 12.5 Å². The highest BCUT2D eigenvalue weighted by Crippen LogP contribution is 2.25. The van der Waals surface area contributed by atoms with Gasteiger partial charge in [0.15, 0.2) is 0 Å². The lowest BCUT2D eigenvalue weighted by atomic mass is 10.1. The highest BCUT2D eigenvalue weighted by molar-refractivity contribution is 6.00. The maximum Gasteiger partial charge on any atom is 0.250 e. The Kier molecular flexibility index (Phi) is 5.19. The Morgan fingerprint density at radius 1 is 1.13 bits per heavy atom. The fourth-order valence-corrected chi connectivity index (χ4v) is 2.14. The summed E-state index contributed by atoms with van der Waals surface area (Å²) in [5.41, 5.74) is 7.77. The summed E-state index contributed by atoms with van der Waals surface area (Å²) in [5.74, 6) is -0.219. The van der Waals surface area contributed by atoms with Crippen LogP contribution in [0.5, 0.6) is 5.75 Å². The van der Waals surface area contributed by atoms with E-state index >= 15 is 0 Å². The van der Waals surface area contributed by atoms with Crippen LogP contribution in [0.2, 0.25) is 0 Å². The monoisotopic (exact) mass is 313 g/mol. The molecule has 0 bridgehead atoms. The van der Waals surface area contributed by atoms with Crippen molar-refractivity contribution in [1.29, 1.82) is 0 Å². The summed E-state index contributed by atoms with van der Waals surface area (Å²) in [7, 11) is 1.54. The molecule has 2 amide bonds. The average Bonchev–Trinajstić information content (AvgIpc) is 2.53. The summed E-state index contributed by atoms with van der Waals surface area (Å²) < 4.78 is 5.22. The second-order valence-corrected chi connectivity index (χ2v) is 5.02. The Morgan fingerprint density at radius 2 is 1.87 bits per heavy atom. The molecule has 2 aromatic carbocycles. The van der Waals surface area contributed by atoms with Gasteiger partial charge in [-0.25, -0.2) is 0 Å². The van der Waals surface area contributed by atoms with Crippen LogP contribution in [0, 0.1) is 6.92 Å². The van der Waals surface area contributed by atoms with Gasteiger partial charge in [-0.05, 0) is 36.8 Å². The minimum atomic E-state index is -0.547. The van der Waals surface area contributed by atoms with Crippen LogP contribution in [0.15, 0.2) is 42.5 Å². The van der Waals surface area contributed by atoms with E-state index in [9.17, 15) is 9.59 Å². The first-order valence-corrected chi connectivity index (χ1v) is 7.08.